The summed E-state index contributed by atoms with van der Waals surface area (Å²) in [4.78, 5) is 1.10. The van der Waals surface area contributed by atoms with E-state index in [4.69, 9.17) is 0 Å². The summed E-state index contributed by atoms with van der Waals surface area (Å²) in [7, 11) is 0. The van der Waals surface area contributed by atoms with E-state index in [0.29, 0.717) is 5.25 Å². The Hall–Kier alpha value is -0.900. The van der Waals surface area contributed by atoms with Crippen LogP contribution in [0.4, 0.5) is 13.2 Å². The molecule has 0 saturated heterocycles. The molecule has 1 heterocycles. The van der Waals surface area contributed by atoms with Gasteiger partial charge in [0.05, 0.1) is 5.56 Å². The highest BCUT2D eigenvalue weighted by atomic mass is 32.2. The van der Waals surface area contributed by atoms with Gasteiger partial charge in [0.2, 0.25) is 0 Å². The Morgan fingerprint density at radius 2 is 1.88 bits per heavy atom. The van der Waals surface area contributed by atoms with Gasteiger partial charge in [0.15, 0.2) is 0 Å². The Labute approximate surface area is 103 Å². The molecule has 17 heavy (non-hydrogen) atoms. The fourth-order valence-electron chi connectivity index (χ4n) is 1.77. The molecule has 0 fully saturated rings. The standard InChI is InChI=1S/C13H13F3S/c1-2-11-7-8-12(17-11)9-3-5-10(6-4-9)13(14,15)16/h3-6,8,11H,2,7H2,1H3. The molecule has 2 rings (SSSR count). The van der Waals surface area contributed by atoms with Crippen molar-refractivity contribution in [3.63, 3.8) is 0 Å². The molecule has 1 atom stereocenters. The van der Waals surface area contributed by atoms with Crippen molar-refractivity contribution in [1.82, 2.24) is 0 Å². The average molecular weight is 258 g/mol. The van der Waals surface area contributed by atoms with E-state index in [1.165, 1.54) is 0 Å². The smallest absolute Gasteiger partial charge is 0.166 e. The largest absolute Gasteiger partial charge is 0.416 e. The van der Waals surface area contributed by atoms with Crippen molar-refractivity contribution >= 4 is 16.7 Å². The maximum absolute atomic E-state index is 12.4. The molecular formula is C13H13F3S. The summed E-state index contributed by atoms with van der Waals surface area (Å²) < 4.78 is 37.2. The molecule has 0 bridgehead atoms. The Balaban J connectivity index is 2.14. The summed E-state index contributed by atoms with van der Waals surface area (Å²) in [5, 5.41) is 0.576. The van der Waals surface area contributed by atoms with Crippen molar-refractivity contribution in [3.05, 3.63) is 41.5 Å². The van der Waals surface area contributed by atoms with Gasteiger partial charge in [-0.3, -0.25) is 0 Å². The van der Waals surface area contributed by atoms with Gasteiger partial charge in [-0.15, -0.1) is 11.8 Å². The summed E-state index contributed by atoms with van der Waals surface area (Å²) in [6, 6.07) is 5.41. The van der Waals surface area contributed by atoms with Crippen molar-refractivity contribution in [2.24, 2.45) is 0 Å². The Bertz CT molecular complexity index is 417. The number of rotatable bonds is 2. The highest BCUT2D eigenvalue weighted by molar-refractivity contribution is 8.09. The van der Waals surface area contributed by atoms with Crippen LogP contribution in [0.15, 0.2) is 30.3 Å². The maximum Gasteiger partial charge on any atom is 0.416 e. The van der Waals surface area contributed by atoms with Crippen molar-refractivity contribution in [1.29, 1.82) is 0 Å². The zero-order valence-corrected chi connectivity index (χ0v) is 10.2. The normalized spacial score (nSPS) is 20.5. The summed E-state index contributed by atoms with van der Waals surface area (Å²) in [5.74, 6) is 0. The van der Waals surface area contributed by atoms with Gasteiger partial charge in [-0.2, -0.15) is 13.2 Å². The van der Waals surface area contributed by atoms with Gasteiger partial charge in [-0.25, -0.2) is 0 Å². The third-order valence-corrected chi connectivity index (χ3v) is 4.33. The van der Waals surface area contributed by atoms with Crippen molar-refractivity contribution in [2.45, 2.75) is 31.2 Å². The van der Waals surface area contributed by atoms with E-state index in [0.717, 1.165) is 35.4 Å². The number of allylic oxidation sites excluding steroid dienone is 1. The molecule has 1 aliphatic heterocycles. The van der Waals surface area contributed by atoms with Crippen LogP contribution in [0.2, 0.25) is 0 Å². The molecule has 0 amide bonds. The molecule has 1 aromatic carbocycles. The van der Waals surface area contributed by atoms with Crippen molar-refractivity contribution in [3.8, 4) is 0 Å². The molecule has 0 aromatic heterocycles. The molecule has 1 unspecified atom stereocenters. The second-order valence-corrected chi connectivity index (χ2v) is 5.37. The summed E-state index contributed by atoms with van der Waals surface area (Å²) in [6.45, 7) is 2.13. The van der Waals surface area contributed by atoms with E-state index in [2.05, 4.69) is 13.0 Å². The molecule has 4 heteroatoms. The molecule has 1 aromatic rings. The lowest BCUT2D eigenvalue weighted by atomic mass is 10.1. The maximum atomic E-state index is 12.4. The molecule has 0 saturated carbocycles. The minimum atomic E-state index is -4.25. The zero-order valence-electron chi connectivity index (χ0n) is 9.42. The fourth-order valence-corrected chi connectivity index (χ4v) is 2.96. The van der Waals surface area contributed by atoms with E-state index in [9.17, 15) is 13.2 Å². The van der Waals surface area contributed by atoms with Gasteiger partial charge in [0, 0.05) is 10.2 Å². The van der Waals surface area contributed by atoms with Gasteiger partial charge < -0.3 is 0 Å². The van der Waals surface area contributed by atoms with Gasteiger partial charge >= 0.3 is 6.18 Å². The van der Waals surface area contributed by atoms with Gasteiger partial charge in [0.25, 0.3) is 0 Å². The third kappa shape index (κ3) is 2.86. The number of thioether (sulfide) groups is 1. The monoisotopic (exact) mass is 258 g/mol. The minimum Gasteiger partial charge on any atom is -0.166 e. The number of halogens is 3. The van der Waals surface area contributed by atoms with E-state index in [1.807, 2.05) is 0 Å². The highest BCUT2D eigenvalue weighted by Crippen LogP contribution is 2.41. The molecule has 92 valence electrons. The molecule has 0 aliphatic carbocycles. The molecule has 1 aliphatic rings. The number of hydrogen-bond donors (Lipinski definition) is 0. The second-order valence-electron chi connectivity index (χ2n) is 4.03. The van der Waals surface area contributed by atoms with Crippen LogP contribution in [0.5, 0.6) is 0 Å². The minimum absolute atomic E-state index is 0.576. The topological polar surface area (TPSA) is 0 Å². The summed E-state index contributed by atoms with van der Waals surface area (Å²) >= 11 is 1.76. The Kier molecular flexibility index (Phi) is 3.52. The van der Waals surface area contributed by atoms with E-state index in [1.54, 1.807) is 23.9 Å². The first-order chi connectivity index (χ1) is 8.00. The first-order valence-electron chi connectivity index (χ1n) is 5.55. The van der Waals surface area contributed by atoms with E-state index >= 15 is 0 Å². The predicted octanol–water partition coefficient (Wildman–Crippen LogP) is 4.96. The third-order valence-electron chi connectivity index (χ3n) is 2.81. The molecule has 0 radical (unpaired) electrons. The van der Waals surface area contributed by atoms with Crippen LogP contribution in [0.3, 0.4) is 0 Å². The lowest BCUT2D eigenvalue weighted by molar-refractivity contribution is -0.137. The van der Waals surface area contributed by atoms with Gasteiger partial charge in [0.1, 0.15) is 0 Å². The number of hydrogen-bond acceptors (Lipinski definition) is 1. The van der Waals surface area contributed by atoms with Crippen molar-refractivity contribution < 1.29 is 13.2 Å². The highest BCUT2D eigenvalue weighted by Gasteiger charge is 2.30. The first kappa shape index (κ1) is 12.6. The Morgan fingerprint density at radius 3 is 2.35 bits per heavy atom. The van der Waals surface area contributed by atoms with Crippen LogP contribution in [0.25, 0.3) is 4.91 Å². The molecule has 0 nitrogen and oxygen atoms in total. The summed E-state index contributed by atoms with van der Waals surface area (Å²) in [5.41, 5.74) is 0.302. The molecular weight excluding hydrogens is 245 g/mol. The zero-order chi connectivity index (χ0) is 12.5. The fraction of sp³-hybridized carbons (Fsp3) is 0.385. The Morgan fingerprint density at radius 1 is 1.24 bits per heavy atom. The number of alkyl halides is 3. The lowest BCUT2D eigenvalue weighted by Gasteiger charge is -2.09. The van der Waals surface area contributed by atoms with Crippen LogP contribution in [0, 0.1) is 0 Å². The SMILES string of the molecule is CCC1CC=C(c2ccc(C(F)(F)F)cc2)S1. The van der Waals surface area contributed by atoms with E-state index < -0.39 is 11.7 Å². The first-order valence-corrected chi connectivity index (χ1v) is 6.43. The van der Waals surface area contributed by atoms with Crippen LogP contribution in [0.1, 0.15) is 30.9 Å². The predicted molar refractivity (Wildman–Crippen MR) is 65.7 cm³/mol. The molecule has 0 spiro atoms. The molecule has 0 N–H and O–H groups in total. The lowest BCUT2D eigenvalue weighted by Crippen LogP contribution is -2.04. The van der Waals surface area contributed by atoms with Crippen LogP contribution >= 0.6 is 11.8 Å². The second kappa shape index (κ2) is 4.77. The van der Waals surface area contributed by atoms with E-state index in [-0.39, 0.29) is 0 Å². The van der Waals surface area contributed by atoms with Gasteiger partial charge in [-0.1, -0.05) is 25.1 Å². The van der Waals surface area contributed by atoms with Gasteiger partial charge in [-0.05, 0) is 30.5 Å². The number of benzene rings is 1. The van der Waals surface area contributed by atoms with Crippen LogP contribution in [-0.4, -0.2) is 5.25 Å². The van der Waals surface area contributed by atoms with Crippen LogP contribution in [-0.2, 0) is 6.18 Å². The summed E-state index contributed by atoms with van der Waals surface area (Å²) in [6.07, 6.45) is -0.0358. The van der Waals surface area contributed by atoms with Crippen molar-refractivity contribution in [2.75, 3.05) is 0 Å². The average Bonchev–Trinajstić information content (AvgIpc) is 2.76. The van der Waals surface area contributed by atoms with Crippen LogP contribution < -0.4 is 0 Å². The quantitative estimate of drug-likeness (QED) is 0.722.